The van der Waals surface area contributed by atoms with Crippen molar-refractivity contribution >= 4 is 32.2 Å². The summed E-state index contributed by atoms with van der Waals surface area (Å²) in [4.78, 5) is 11.3. The fraction of sp³-hybridized carbons (Fsp3) is 0.100. The van der Waals surface area contributed by atoms with Gasteiger partial charge >= 0.3 is 0 Å². The zero-order chi connectivity index (χ0) is 9.42. The van der Waals surface area contributed by atoms with E-state index in [0.717, 1.165) is 10.1 Å². The monoisotopic (exact) mass is 191 g/mol. The van der Waals surface area contributed by atoms with Crippen molar-refractivity contribution in [2.24, 2.45) is 0 Å². The van der Waals surface area contributed by atoms with E-state index in [1.165, 1.54) is 11.3 Å². The number of Topliss-reactive ketones (excluding diaryl/α,β-unsaturated/α-hetero) is 1. The molecule has 0 saturated carbocycles. The third-order valence-electron chi connectivity index (χ3n) is 1.97. The molecule has 0 spiro atoms. The molecule has 0 aliphatic rings. The normalized spacial score (nSPS) is 10.5. The van der Waals surface area contributed by atoms with E-state index in [1.54, 1.807) is 6.92 Å². The molecule has 3 heteroatoms. The van der Waals surface area contributed by atoms with E-state index in [0.29, 0.717) is 10.6 Å². The molecule has 0 aliphatic heterocycles. The highest BCUT2D eigenvalue weighted by Crippen LogP contribution is 2.33. The predicted octanol–water partition coefficient (Wildman–Crippen LogP) is 2.69. The van der Waals surface area contributed by atoms with Crippen LogP contribution in [0.1, 0.15) is 17.3 Å². The van der Waals surface area contributed by atoms with Crippen LogP contribution in [0.15, 0.2) is 24.3 Å². The Hall–Kier alpha value is -1.35. The number of fused-ring (bicyclic) bond motifs is 1. The number of hydrogen-bond donors (Lipinski definition) is 1. The lowest BCUT2D eigenvalue weighted by atomic mass is 10.1. The summed E-state index contributed by atoms with van der Waals surface area (Å²) < 4.78 is 1.07. The van der Waals surface area contributed by atoms with Crippen molar-refractivity contribution < 1.29 is 4.79 Å². The van der Waals surface area contributed by atoms with Gasteiger partial charge < -0.3 is 5.73 Å². The van der Waals surface area contributed by atoms with Crippen LogP contribution in [0.25, 0.3) is 10.1 Å². The van der Waals surface area contributed by atoms with Gasteiger partial charge in [-0.25, -0.2) is 0 Å². The number of carbonyl (C=O) groups excluding carboxylic acids is 1. The van der Waals surface area contributed by atoms with Crippen LogP contribution in [-0.4, -0.2) is 5.78 Å². The summed E-state index contributed by atoms with van der Waals surface area (Å²) >= 11 is 1.46. The molecule has 66 valence electrons. The Morgan fingerprint density at radius 1 is 1.38 bits per heavy atom. The van der Waals surface area contributed by atoms with Gasteiger partial charge in [0.2, 0.25) is 0 Å². The van der Waals surface area contributed by atoms with E-state index in [4.69, 9.17) is 5.73 Å². The van der Waals surface area contributed by atoms with Gasteiger partial charge in [-0.05, 0) is 13.0 Å². The van der Waals surface area contributed by atoms with Gasteiger partial charge in [0.1, 0.15) is 0 Å². The maximum absolute atomic E-state index is 11.3. The van der Waals surface area contributed by atoms with Gasteiger partial charge in [-0.3, -0.25) is 4.79 Å². The summed E-state index contributed by atoms with van der Waals surface area (Å²) in [5.74, 6) is 0.0370. The molecule has 2 N–H and O–H groups in total. The second kappa shape index (κ2) is 2.85. The van der Waals surface area contributed by atoms with Crippen molar-refractivity contribution in [1.29, 1.82) is 0 Å². The largest absolute Gasteiger partial charge is 0.390 e. The minimum atomic E-state index is 0.0370. The first-order valence-corrected chi connectivity index (χ1v) is 4.79. The average molecular weight is 191 g/mol. The molecule has 0 saturated heterocycles. The maximum atomic E-state index is 11.3. The number of anilines is 1. The van der Waals surface area contributed by atoms with Crippen LogP contribution in [0.3, 0.4) is 0 Å². The lowest BCUT2D eigenvalue weighted by Crippen LogP contribution is -1.94. The number of thiophene rings is 1. The Morgan fingerprint density at radius 3 is 2.77 bits per heavy atom. The first-order valence-electron chi connectivity index (χ1n) is 3.98. The van der Waals surface area contributed by atoms with E-state index in [2.05, 4.69) is 0 Å². The standard InChI is InChI=1S/C10H9NOS/c1-6(12)9-7-4-2-3-5-8(7)13-10(9)11/h2-5H,11H2,1H3. The summed E-state index contributed by atoms with van der Waals surface area (Å²) in [6, 6.07) is 7.77. The molecule has 0 aliphatic carbocycles. The predicted molar refractivity (Wildman–Crippen MR) is 56.2 cm³/mol. The molecule has 0 atom stereocenters. The summed E-state index contributed by atoms with van der Waals surface area (Å²) in [6.07, 6.45) is 0. The molecule has 1 heterocycles. The molecule has 2 nitrogen and oxygen atoms in total. The Balaban J connectivity index is 2.86. The quantitative estimate of drug-likeness (QED) is 0.704. The fourth-order valence-corrected chi connectivity index (χ4v) is 2.45. The lowest BCUT2D eigenvalue weighted by Gasteiger charge is -1.93. The summed E-state index contributed by atoms with van der Waals surface area (Å²) in [6.45, 7) is 1.55. The van der Waals surface area contributed by atoms with Gasteiger partial charge in [0.05, 0.1) is 10.6 Å². The molecule has 0 unspecified atom stereocenters. The van der Waals surface area contributed by atoms with Crippen molar-refractivity contribution in [2.45, 2.75) is 6.92 Å². The van der Waals surface area contributed by atoms with Crippen LogP contribution in [0.2, 0.25) is 0 Å². The number of nitrogens with two attached hydrogens (primary N) is 1. The van der Waals surface area contributed by atoms with Crippen molar-refractivity contribution in [1.82, 2.24) is 0 Å². The number of rotatable bonds is 1. The van der Waals surface area contributed by atoms with E-state index in [1.807, 2.05) is 24.3 Å². The first-order chi connectivity index (χ1) is 6.20. The van der Waals surface area contributed by atoms with Gasteiger partial charge in [0, 0.05) is 10.1 Å². The van der Waals surface area contributed by atoms with Crippen molar-refractivity contribution in [2.75, 3.05) is 5.73 Å². The molecule has 1 aromatic carbocycles. The molecule has 0 amide bonds. The lowest BCUT2D eigenvalue weighted by molar-refractivity contribution is 0.102. The van der Waals surface area contributed by atoms with Crippen LogP contribution >= 0.6 is 11.3 Å². The topological polar surface area (TPSA) is 43.1 Å². The molecule has 0 bridgehead atoms. The minimum absolute atomic E-state index is 0.0370. The van der Waals surface area contributed by atoms with Gasteiger partial charge in [-0.15, -0.1) is 11.3 Å². The Kier molecular flexibility index (Phi) is 1.81. The zero-order valence-electron chi connectivity index (χ0n) is 7.20. The molecule has 0 fully saturated rings. The van der Waals surface area contributed by atoms with Crippen LogP contribution in [0.4, 0.5) is 5.00 Å². The van der Waals surface area contributed by atoms with E-state index in [9.17, 15) is 4.79 Å². The first kappa shape index (κ1) is 8.26. The number of ketones is 1. The van der Waals surface area contributed by atoms with Crippen molar-refractivity contribution in [3.8, 4) is 0 Å². The summed E-state index contributed by atoms with van der Waals surface area (Å²) in [7, 11) is 0. The maximum Gasteiger partial charge on any atom is 0.163 e. The van der Waals surface area contributed by atoms with Crippen LogP contribution in [0.5, 0.6) is 0 Å². The van der Waals surface area contributed by atoms with E-state index < -0.39 is 0 Å². The molecule has 13 heavy (non-hydrogen) atoms. The third-order valence-corrected chi connectivity index (χ3v) is 2.97. The number of hydrogen-bond acceptors (Lipinski definition) is 3. The third kappa shape index (κ3) is 1.21. The van der Waals surface area contributed by atoms with Gasteiger partial charge in [-0.1, -0.05) is 18.2 Å². The Labute approximate surface area is 80.0 Å². The average Bonchev–Trinajstić information content (AvgIpc) is 2.39. The highest BCUT2D eigenvalue weighted by Gasteiger charge is 2.12. The Bertz CT molecular complexity index is 473. The molecular formula is C10H9NOS. The number of benzene rings is 1. The molecule has 2 aromatic rings. The molecule has 1 aromatic heterocycles. The zero-order valence-corrected chi connectivity index (χ0v) is 8.02. The molecule has 0 radical (unpaired) electrons. The number of nitrogen functional groups attached to an aromatic ring is 1. The fourth-order valence-electron chi connectivity index (χ4n) is 1.43. The minimum Gasteiger partial charge on any atom is -0.390 e. The van der Waals surface area contributed by atoms with Crippen LogP contribution in [0, 0.1) is 0 Å². The summed E-state index contributed by atoms with van der Waals surface area (Å²) in [5, 5.41) is 1.59. The smallest absolute Gasteiger partial charge is 0.163 e. The highest BCUT2D eigenvalue weighted by atomic mass is 32.1. The van der Waals surface area contributed by atoms with Crippen LogP contribution < -0.4 is 5.73 Å². The number of carbonyl (C=O) groups is 1. The second-order valence-corrected chi connectivity index (χ2v) is 3.98. The highest BCUT2D eigenvalue weighted by molar-refractivity contribution is 7.23. The SMILES string of the molecule is CC(=O)c1c(N)sc2ccccc12. The summed E-state index contributed by atoms with van der Waals surface area (Å²) in [5.41, 5.74) is 6.42. The van der Waals surface area contributed by atoms with Gasteiger partial charge in [0.15, 0.2) is 5.78 Å². The van der Waals surface area contributed by atoms with Crippen molar-refractivity contribution in [3.63, 3.8) is 0 Å². The van der Waals surface area contributed by atoms with Gasteiger partial charge in [-0.2, -0.15) is 0 Å². The second-order valence-electron chi connectivity index (χ2n) is 2.89. The molecular weight excluding hydrogens is 182 g/mol. The van der Waals surface area contributed by atoms with Gasteiger partial charge in [0.25, 0.3) is 0 Å². The van der Waals surface area contributed by atoms with Crippen LogP contribution in [-0.2, 0) is 0 Å². The van der Waals surface area contributed by atoms with E-state index >= 15 is 0 Å². The molecule has 2 rings (SSSR count). The van der Waals surface area contributed by atoms with E-state index in [-0.39, 0.29) is 5.78 Å². The van der Waals surface area contributed by atoms with Crippen molar-refractivity contribution in [3.05, 3.63) is 29.8 Å². The Morgan fingerprint density at radius 2 is 2.08 bits per heavy atom.